The second kappa shape index (κ2) is 10.7. The van der Waals surface area contributed by atoms with E-state index in [0.29, 0.717) is 25.1 Å². The van der Waals surface area contributed by atoms with Crippen LogP contribution >= 0.6 is 11.6 Å². The number of halogens is 1. The van der Waals surface area contributed by atoms with Crippen LogP contribution in [0.15, 0.2) is 47.4 Å². The van der Waals surface area contributed by atoms with Gasteiger partial charge in [0.25, 0.3) is 0 Å². The lowest BCUT2D eigenvalue weighted by Crippen LogP contribution is -2.37. The number of nitrogens with zero attached hydrogens (tertiary/aromatic N) is 1. The van der Waals surface area contributed by atoms with Crippen molar-refractivity contribution in [2.45, 2.75) is 57.6 Å². The highest BCUT2D eigenvalue weighted by atomic mass is 35.5. The zero-order valence-electron chi connectivity index (χ0n) is 18.7. The van der Waals surface area contributed by atoms with Gasteiger partial charge < -0.3 is 13.8 Å². The second-order valence-corrected chi connectivity index (χ2v) is 10.5. The van der Waals surface area contributed by atoms with E-state index in [1.165, 1.54) is 6.07 Å². The topological polar surface area (TPSA) is 72.9 Å². The van der Waals surface area contributed by atoms with Crippen LogP contribution in [-0.4, -0.2) is 38.5 Å². The lowest BCUT2D eigenvalue weighted by molar-refractivity contribution is -0.134. The zero-order chi connectivity index (χ0) is 23.3. The number of aryl methyl sites for hydroxylation is 1. The third kappa shape index (κ3) is 6.47. The summed E-state index contributed by atoms with van der Waals surface area (Å²) in [5.74, 6) is 0.476. The predicted molar refractivity (Wildman–Crippen MR) is 124 cm³/mol. The van der Waals surface area contributed by atoms with Crippen molar-refractivity contribution in [3.63, 3.8) is 0 Å². The van der Waals surface area contributed by atoms with E-state index in [0.717, 1.165) is 25.0 Å². The normalized spacial score (nSPS) is 16.3. The van der Waals surface area contributed by atoms with Gasteiger partial charge in [-0.25, -0.2) is 0 Å². The molecule has 0 unspecified atom stereocenters. The number of rotatable bonds is 9. The summed E-state index contributed by atoms with van der Waals surface area (Å²) in [6, 6.07) is 11.7. The molecule has 0 bridgehead atoms. The van der Waals surface area contributed by atoms with Gasteiger partial charge in [0.2, 0.25) is 5.91 Å². The largest absolute Gasteiger partial charge is 0.379 e. The molecule has 0 N–H and O–H groups in total. The minimum Gasteiger partial charge on any atom is -0.379 e. The quantitative estimate of drug-likeness (QED) is 0.475. The highest BCUT2D eigenvalue weighted by molar-refractivity contribution is 7.87. The van der Waals surface area contributed by atoms with E-state index in [2.05, 4.69) is 0 Å². The Morgan fingerprint density at radius 1 is 1.25 bits per heavy atom. The Hall–Kier alpha value is -2.09. The molecule has 0 spiro atoms. The molecule has 1 aliphatic heterocycles. The van der Waals surface area contributed by atoms with Crippen LogP contribution in [0.3, 0.4) is 0 Å². The van der Waals surface area contributed by atoms with Crippen molar-refractivity contribution >= 4 is 27.6 Å². The van der Waals surface area contributed by atoms with Crippen LogP contribution in [-0.2, 0) is 26.2 Å². The summed E-state index contributed by atoms with van der Waals surface area (Å²) in [5.41, 5.74) is 1.29. The van der Waals surface area contributed by atoms with Crippen LogP contribution < -0.4 is 4.18 Å². The van der Waals surface area contributed by atoms with Gasteiger partial charge >= 0.3 is 10.1 Å². The highest BCUT2D eigenvalue weighted by Crippen LogP contribution is 2.28. The minimum absolute atomic E-state index is 0.0362. The molecule has 0 aliphatic carbocycles. The number of carbonyl (C=O) groups excluding carboxylic acids is 1. The van der Waals surface area contributed by atoms with Gasteiger partial charge in [-0.1, -0.05) is 49.7 Å². The number of amides is 1. The summed E-state index contributed by atoms with van der Waals surface area (Å²) < 4.78 is 36.8. The second-order valence-electron chi connectivity index (χ2n) is 8.58. The van der Waals surface area contributed by atoms with Crippen LogP contribution in [0.1, 0.15) is 44.2 Å². The molecular formula is C24H30ClNO5S. The van der Waals surface area contributed by atoms with E-state index >= 15 is 0 Å². The summed E-state index contributed by atoms with van der Waals surface area (Å²) in [5, 5.41) is 0.114. The maximum Gasteiger partial charge on any atom is 0.340 e. The van der Waals surface area contributed by atoms with Crippen molar-refractivity contribution in [3.05, 3.63) is 58.6 Å². The van der Waals surface area contributed by atoms with Gasteiger partial charge in [-0.3, -0.25) is 4.79 Å². The molecule has 174 valence electrons. The van der Waals surface area contributed by atoms with E-state index in [-0.39, 0.29) is 33.6 Å². The fourth-order valence-electron chi connectivity index (χ4n) is 3.78. The molecule has 0 radical (unpaired) electrons. The van der Waals surface area contributed by atoms with Crippen molar-refractivity contribution in [3.8, 4) is 5.75 Å². The van der Waals surface area contributed by atoms with Crippen molar-refractivity contribution in [2.24, 2.45) is 5.92 Å². The fourth-order valence-corrected chi connectivity index (χ4v) is 5.50. The monoisotopic (exact) mass is 479 g/mol. The molecule has 2 aromatic carbocycles. The molecule has 1 amide bonds. The van der Waals surface area contributed by atoms with E-state index in [4.69, 9.17) is 20.5 Å². The molecule has 1 saturated heterocycles. The van der Waals surface area contributed by atoms with E-state index in [1.807, 2.05) is 19.9 Å². The Kier molecular flexibility index (Phi) is 8.20. The molecule has 1 heterocycles. The molecule has 32 heavy (non-hydrogen) atoms. The summed E-state index contributed by atoms with van der Waals surface area (Å²) in [7, 11) is -4.10. The third-order valence-corrected chi connectivity index (χ3v) is 7.16. The number of hydrogen-bond donors (Lipinski definition) is 0. The van der Waals surface area contributed by atoms with Crippen molar-refractivity contribution < 1.29 is 22.1 Å². The van der Waals surface area contributed by atoms with E-state index < -0.39 is 10.1 Å². The van der Waals surface area contributed by atoms with Crippen LogP contribution in [0, 0.1) is 12.8 Å². The molecule has 1 fully saturated rings. The smallest absolute Gasteiger partial charge is 0.340 e. The molecule has 0 saturated carbocycles. The first-order valence-electron chi connectivity index (χ1n) is 10.8. The van der Waals surface area contributed by atoms with Gasteiger partial charge in [0.1, 0.15) is 10.6 Å². The molecule has 6 nitrogen and oxygen atoms in total. The molecule has 3 rings (SSSR count). The summed E-state index contributed by atoms with van der Waals surface area (Å²) in [4.78, 5) is 14.6. The number of carbonyl (C=O) groups is 1. The standard InChI is InChI=1S/C24H30ClNO5S/c1-17(2)13-23(27)26(16-21-10-6-12-30-21)15-19-8-5-9-20(14-19)31-32(28,29)24-18(3)7-4-11-22(24)25/h4-5,7-9,11,14,17,21H,6,10,12-13,15-16H2,1-3H3/t21-/m1/s1. The first-order valence-corrected chi connectivity index (χ1v) is 12.6. The maximum absolute atomic E-state index is 12.8. The van der Waals surface area contributed by atoms with Crippen LogP contribution in [0.5, 0.6) is 5.75 Å². The number of benzene rings is 2. The Morgan fingerprint density at radius 3 is 2.66 bits per heavy atom. The fraction of sp³-hybridized carbons (Fsp3) is 0.458. The summed E-state index contributed by atoms with van der Waals surface area (Å²) in [6.07, 6.45) is 2.42. The SMILES string of the molecule is Cc1cccc(Cl)c1S(=O)(=O)Oc1cccc(CN(C[C@H]2CCCO2)C(=O)CC(C)C)c1. The summed E-state index contributed by atoms with van der Waals surface area (Å²) in [6.45, 7) is 7.29. The van der Waals surface area contributed by atoms with Gasteiger partial charge in [0.05, 0.1) is 11.1 Å². The van der Waals surface area contributed by atoms with Crippen molar-refractivity contribution in [1.82, 2.24) is 4.90 Å². The number of ether oxygens (including phenoxy) is 1. The number of hydrogen-bond acceptors (Lipinski definition) is 5. The maximum atomic E-state index is 12.8. The first kappa shape index (κ1) is 24.6. The molecule has 2 aromatic rings. The lowest BCUT2D eigenvalue weighted by Gasteiger charge is -2.26. The Morgan fingerprint density at radius 2 is 2.00 bits per heavy atom. The Labute approximate surface area is 195 Å². The lowest BCUT2D eigenvalue weighted by atomic mass is 10.1. The average molecular weight is 480 g/mol. The predicted octanol–water partition coefficient (Wildman–Crippen LogP) is 4.97. The Balaban J connectivity index is 1.79. The highest BCUT2D eigenvalue weighted by Gasteiger charge is 2.25. The molecule has 1 atom stereocenters. The van der Waals surface area contributed by atoms with Gasteiger partial charge in [0.15, 0.2) is 0 Å². The van der Waals surface area contributed by atoms with Gasteiger partial charge in [-0.2, -0.15) is 8.42 Å². The van der Waals surface area contributed by atoms with Crippen LogP contribution in [0.25, 0.3) is 0 Å². The molecule has 1 aliphatic rings. The van der Waals surface area contributed by atoms with E-state index in [9.17, 15) is 13.2 Å². The van der Waals surface area contributed by atoms with Crippen molar-refractivity contribution in [2.75, 3.05) is 13.2 Å². The first-order chi connectivity index (χ1) is 15.2. The third-order valence-electron chi connectivity index (χ3n) is 5.28. The van der Waals surface area contributed by atoms with Gasteiger partial charge in [-0.05, 0) is 55.0 Å². The summed E-state index contributed by atoms with van der Waals surface area (Å²) >= 11 is 6.12. The van der Waals surface area contributed by atoms with Crippen LogP contribution in [0.2, 0.25) is 5.02 Å². The Bertz CT molecular complexity index is 1030. The molecule has 0 aromatic heterocycles. The van der Waals surface area contributed by atoms with E-state index in [1.54, 1.807) is 42.2 Å². The average Bonchev–Trinajstić information content (AvgIpc) is 3.19. The molecular weight excluding hydrogens is 450 g/mol. The van der Waals surface area contributed by atoms with Gasteiger partial charge in [0, 0.05) is 26.1 Å². The van der Waals surface area contributed by atoms with Gasteiger partial charge in [-0.15, -0.1) is 0 Å². The minimum atomic E-state index is -4.10. The van der Waals surface area contributed by atoms with Crippen molar-refractivity contribution in [1.29, 1.82) is 0 Å². The van der Waals surface area contributed by atoms with Crippen LogP contribution in [0.4, 0.5) is 0 Å². The molecule has 8 heteroatoms. The zero-order valence-corrected chi connectivity index (χ0v) is 20.3.